The monoisotopic (exact) mass is 182 g/mol. The van der Waals surface area contributed by atoms with Crippen LogP contribution in [0.1, 0.15) is 59.8 Å². The van der Waals surface area contributed by atoms with Crippen molar-refractivity contribution < 1.29 is 0 Å². The molecule has 0 bridgehead atoms. The van der Waals surface area contributed by atoms with Crippen LogP contribution in [0.2, 0.25) is 0 Å². The van der Waals surface area contributed by atoms with Crippen molar-refractivity contribution >= 4 is 0 Å². The average Bonchev–Trinajstić information content (AvgIpc) is 2.01. The van der Waals surface area contributed by atoms with E-state index in [9.17, 15) is 0 Å². The molecule has 0 aliphatic heterocycles. The first-order valence-corrected chi connectivity index (χ1v) is 5.78. The van der Waals surface area contributed by atoms with Gasteiger partial charge in [0.05, 0.1) is 0 Å². The second-order valence-electron chi connectivity index (χ2n) is 4.78. The summed E-state index contributed by atoms with van der Waals surface area (Å²) in [5.41, 5.74) is 0. The number of hydrogen-bond acceptors (Lipinski definition) is 0. The predicted octanol–water partition coefficient (Wildman–Crippen LogP) is 4.81. The molecule has 0 saturated carbocycles. The Kier molecular flexibility index (Phi) is 8.18. The number of rotatable bonds is 7. The van der Waals surface area contributed by atoms with Crippen molar-refractivity contribution in [3.63, 3.8) is 0 Å². The van der Waals surface area contributed by atoms with Crippen molar-refractivity contribution in [2.45, 2.75) is 59.8 Å². The Labute approximate surface area is 84.4 Å². The van der Waals surface area contributed by atoms with Gasteiger partial charge in [-0.05, 0) is 31.1 Å². The highest BCUT2D eigenvalue weighted by atomic mass is 14.0. The van der Waals surface area contributed by atoms with Crippen LogP contribution in [0.3, 0.4) is 0 Å². The SMILES string of the molecule is CC(C)CC=CCCCCC(C)C. The van der Waals surface area contributed by atoms with Gasteiger partial charge in [0.15, 0.2) is 0 Å². The van der Waals surface area contributed by atoms with E-state index in [2.05, 4.69) is 39.8 Å². The quantitative estimate of drug-likeness (QED) is 0.392. The van der Waals surface area contributed by atoms with Crippen molar-refractivity contribution in [2.75, 3.05) is 0 Å². The molecule has 0 N–H and O–H groups in total. The zero-order chi connectivity index (χ0) is 10.1. The molecule has 0 aromatic carbocycles. The van der Waals surface area contributed by atoms with Gasteiger partial charge in [-0.15, -0.1) is 0 Å². The molecule has 0 heterocycles. The van der Waals surface area contributed by atoms with Crippen molar-refractivity contribution in [1.29, 1.82) is 0 Å². The maximum absolute atomic E-state index is 2.35. The van der Waals surface area contributed by atoms with Crippen LogP contribution in [-0.4, -0.2) is 0 Å². The molecule has 0 atom stereocenters. The van der Waals surface area contributed by atoms with E-state index in [1.54, 1.807) is 0 Å². The first kappa shape index (κ1) is 12.7. The molecule has 0 nitrogen and oxygen atoms in total. The summed E-state index contributed by atoms with van der Waals surface area (Å²) in [7, 11) is 0. The Morgan fingerprint density at radius 2 is 1.54 bits per heavy atom. The second kappa shape index (κ2) is 8.34. The first-order chi connectivity index (χ1) is 6.13. The second-order valence-corrected chi connectivity index (χ2v) is 4.78. The molecule has 0 aromatic heterocycles. The molecule has 0 heteroatoms. The van der Waals surface area contributed by atoms with Gasteiger partial charge in [0.1, 0.15) is 0 Å². The third-order valence-electron chi connectivity index (χ3n) is 2.18. The van der Waals surface area contributed by atoms with Gasteiger partial charge in [-0.25, -0.2) is 0 Å². The van der Waals surface area contributed by atoms with E-state index in [0.717, 1.165) is 11.8 Å². The van der Waals surface area contributed by atoms with E-state index in [1.165, 1.54) is 32.1 Å². The molecule has 0 rings (SSSR count). The highest BCUT2D eigenvalue weighted by Crippen LogP contribution is 2.09. The van der Waals surface area contributed by atoms with Gasteiger partial charge in [-0.3, -0.25) is 0 Å². The summed E-state index contributed by atoms with van der Waals surface area (Å²) in [6.45, 7) is 9.13. The molecule has 0 aliphatic carbocycles. The molecule has 0 radical (unpaired) electrons. The standard InChI is InChI=1S/C13H26/c1-12(2)10-8-6-5-7-9-11-13(3)4/h6,8,12-13H,5,7,9-11H2,1-4H3. The lowest BCUT2D eigenvalue weighted by Gasteiger charge is -2.02. The maximum atomic E-state index is 2.35. The van der Waals surface area contributed by atoms with Crippen molar-refractivity contribution in [2.24, 2.45) is 11.8 Å². The van der Waals surface area contributed by atoms with Crippen molar-refractivity contribution in [3.05, 3.63) is 12.2 Å². The van der Waals surface area contributed by atoms with Gasteiger partial charge in [-0.2, -0.15) is 0 Å². The molecule has 0 saturated heterocycles. The number of allylic oxidation sites excluding steroid dienone is 2. The largest absolute Gasteiger partial charge is 0.0885 e. The molecule has 0 amide bonds. The van der Waals surface area contributed by atoms with Crippen LogP contribution in [0, 0.1) is 11.8 Å². The molecular weight excluding hydrogens is 156 g/mol. The molecule has 0 aliphatic rings. The van der Waals surface area contributed by atoms with Crippen LogP contribution in [0.5, 0.6) is 0 Å². The average molecular weight is 182 g/mol. The van der Waals surface area contributed by atoms with E-state index < -0.39 is 0 Å². The summed E-state index contributed by atoms with van der Waals surface area (Å²) in [5, 5.41) is 0. The molecule has 0 spiro atoms. The summed E-state index contributed by atoms with van der Waals surface area (Å²) in [6.07, 6.45) is 11.3. The first-order valence-electron chi connectivity index (χ1n) is 5.78. The molecule has 0 aromatic rings. The molecule has 0 fully saturated rings. The summed E-state index contributed by atoms with van der Waals surface area (Å²) < 4.78 is 0. The minimum atomic E-state index is 0.812. The van der Waals surface area contributed by atoms with Gasteiger partial charge in [-0.1, -0.05) is 52.7 Å². The van der Waals surface area contributed by atoms with Gasteiger partial charge in [0.25, 0.3) is 0 Å². The Hall–Kier alpha value is -0.260. The molecule has 78 valence electrons. The van der Waals surface area contributed by atoms with E-state index in [4.69, 9.17) is 0 Å². The fourth-order valence-electron chi connectivity index (χ4n) is 1.30. The maximum Gasteiger partial charge on any atom is -0.0327 e. The summed E-state index contributed by atoms with van der Waals surface area (Å²) in [6, 6.07) is 0. The zero-order valence-electron chi connectivity index (χ0n) is 9.84. The predicted molar refractivity (Wildman–Crippen MR) is 61.9 cm³/mol. The fourth-order valence-corrected chi connectivity index (χ4v) is 1.30. The zero-order valence-corrected chi connectivity index (χ0v) is 9.84. The van der Waals surface area contributed by atoms with Crippen molar-refractivity contribution in [1.82, 2.24) is 0 Å². The lowest BCUT2D eigenvalue weighted by atomic mass is 10.0. The minimum Gasteiger partial charge on any atom is -0.0885 e. The summed E-state index contributed by atoms with van der Waals surface area (Å²) in [5.74, 6) is 1.69. The van der Waals surface area contributed by atoms with E-state index in [1.807, 2.05) is 0 Å². The lowest BCUT2D eigenvalue weighted by Crippen LogP contribution is -1.86. The van der Waals surface area contributed by atoms with Crippen LogP contribution in [0.4, 0.5) is 0 Å². The van der Waals surface area contributed by atoms with E-state index >= 15 is 0 Å². The van der Waals surface area contributed by atoms with Crippen molar-refractivity contribution in [3.8, 4) is 0 Å². The van der Waals surface area contributed by atoms with Crippen LogP contribution < -0.4 is 0 Å². The van der Waals surface area contributed by atoms with Gasteiger partial charge in [0, 0.05) is 0 Å². The van der Waals surface area contributed by atoms with Crippen LogP contribution in [0.25, 0.3) is 0 Å². The number of hydrogen-bond donors (Lipinski definition) is 0. The van der Waals surface area contributed by atoms with Gasteiger partial charge in [0.2, 0.25) is 0 Å². The molecule has 0 unspecified atom stereocenters. The normalized spacial score (nSPS) is 12.2. The topological polar surface area (TPSA) is 0 Å². The Morgan fingerprint density at radius 1 is 0.846 bits per heavy atom. The highest BCUT2D eigenvalue weighted by molar-refractivity contribution is 4.82. The summed E-state index contributed by atoms with van der Waals surface area (Å²) >= 11 is 0. The number of unbranched alkanes of at least 4 members (excludes halogenated alkanes) is 2. The third kappa shape index (κ3) is 11.7. The van der Waals surface area contributed by atoms with Gasteiger partial charge >= 0.3 is 0 Å². The smallest absolute Gasteiger partial charge is 0.0327 e. The van der Waals surface area contributed by atoms with Gasteiger partial charge < -0.3 is 0 Å². The van der Waals surface area contributed by atoms with Crippen LogP contribution in [-0.2, 0) is 0 Å². The van der Waals surface area contributed by atoms with Crippen LogP contribution in [0.15, 0.2) is 12.2 Å². The highest BCUT2D eigenvalue weighted by Gasteiger charge is 1.92. The molecular formula is C13H26. The fraction of sp³-hybridized carbons (Fsp3) is 0.846. The Bertz CT molecular complexity index is 120. The van der Waals surface area contributed by atoms with Crippen LogP contribution >= 0.6 is 0 Å². The van der Waals surface area contributed by atoms with E-state index in [-0.39, 0.29) is 0 Å². The Morgan fingerprint density at radius 3 is 2.08 bits per heavy atom. The third-order valence-corrected chi connectivity index (χ3v) is 2.18. The Balaban J connectivity index is 3.11. The minimum absolute atomic E-state index is 0.812. The summed E-state index contributed by atoms with van der Waals surface area (Å²) in [4.78, 5) is 0. The molecule has 13 heavy (non-hydrogen) atoms. The lowest BCUT2D eigenvalue weighted by molar-refractivity contribution is 0.540. The van der Waals surface area contributed by atoms with E-state index in [0.29, 0.717) is 0 Å².